The number of nitrogens with one attached hydrogen (secondary N) is 2. The third kappa shape index (κ3) is 6.08. The van der Waals surface area contributed by atoms with E-state index in [4.69, 9.17) is 9.57 Å². The first kappa shape index (κ1) is 23.3. The molecule has 1 aromatic heterocycles. The van der Waals surface area contributed by atoms with Crippen LogP contribution in [0.4, 0.5) is 10.8 Å². The molecule has 3 aromatic rings. The number of methoxy groups -OCH3 is 1. The van der Waals surface area contributed by atoms with Crippen molar-refractivity contribution in [2.24, 2.45) is 4.40 Å². The van der Waals surface area contributed by atoms with Crippen molar-refractivity contribution in [1.82, 2.24) is 10.5 Å². The van der Waals surface area contributed by atoms with Gasteiger partial charge < -0.3 is 14.9 Å². The molecule has 0 fully saturated rings. The molecule has 168 valence electrons. The van der Waals surface area contributed by atoms with E-state index < -0.39 is 10.0 Å². The fourth-order valence-electron chi connectivity index (χ4n) is 2.56. The van der Waals surface area contributed by atoms with E-state index in [9.17, 15) is 8.42 Å². The maximum atomic E-state index is 12.6. The molecule has 0 saturated heterocycles. The number of allylic oxidation sites excluding steroid dienone is 1. The van der Waals surface area contributed by atoms with Gasteiger partial charge in [0, 0.05) is 23.1 Å². The van der Waals surface area contributed by atoms with Gasteiger partial charge in [0.05, 0.1) is 17.7 Å². The lowest BCUT2D eigenvalue weighted by Gasteiger charge is -2.09. The van der Waals surface area contributed by atoms with Crippen molar-refractivity contribution in [2.45, 2.75) is 25.2 Å². The number of anilines is 2. The Balaban J connectivity index is 1.70. The summed E-state index contributed by atoms with van der Waals surface area (Å²) in [6.07, 6.45) is 0.354. The van der Waals surface area contributed by atoms with Crippen molar-refractivity contribution < 1.29 is 18.0 Å². The molecule has 2 N–H and O–H groups in total. The SMILES string of the molecule is C=C(C)ONC(CC)=NS(=O)(=O)c1ccc(Nc2nc(-c3ccc(OC)cc3)cs2)cc1. The maximum absolute atomic E-state index is 12.6. The van der Waals surface area contributed by atoms with Crippen molar-refractivity contribution in [3.8, 4) is 17.0 Å². The van der Waals surface area contributed by atoms with Gasteiger partial charge in [-0.2, -0.15) is 8.42 Å². The molecule has 0 aliphatic heterocycles. The molecule has 8 nitrogen and oxygen atoms in total. The lowest BCUT2D eigenvalue weighted by atomic mass is 10.2. The van der Waals surface area contributed by atoms with E-state index in [0.717, 1.165) is 17.0 Å². The molecular formula is C22H24N4O4S2. The average molecular weight is 473 g/mol. The van der Waals surface area contributed by atoms with Gasteiger partial charge >= 0.3 is 0 Å². The van der Waals surface area contributed by atoms with Gasteiger partial charge in [0.25, 0.3) is 10.0 Å². The molecule has 3 rings (SSSR count). The Kier molecular flexibility index (Phi) is 7.49. The Morgan fingerprint density at radius 2 is 1.84 bits per heavy atom. The van der Waals surface area contributed by atoms with Crippen LogP contribution in [0.25, 0.3) is 11.3 Å². The van der Waals surface area contributed by atoms with Crippen molar-refractivity contribution in [3.05, 3.63) is 66.2 Å². The highest BCUT2D eigenvalue weighted by molar-refractivity contribution is 7.90. The number of aromatic nitrogens is 1. The van der Waals surface area contributed by atoms with Crippen LogP contribution in [0.5, 0.6) is 5.75 Å². The molecule has 0 unspecified atom stereocenters. The number of thiazole rings is 1. The number of hydrogen-bond acceptors (Lipinski definition) is 7. The number of rotatable bonds is 9. The van der Waals surface area contributed by atoms with Gasteiger partial charge in [-0.15, -0.1) is 15.7 Å². The van der Waals surface area contributed by atoms with Crippen LogP contribution in [0.1, 0.15) is 20.3 Å². The summed E-state index contributed by atoms with van der Waals surface area (Å²) < 4.78 is 34.1. The standard InChI is InChI=1S/C22H24N4O4S2/c1-5-21(25-30-15(2)3)26-32(27,28)19-12-8-17(9-13-19)23-22-24-20(14-31-22)16-6-10-18(29-4)11-7-16/h6-14H,2,5H2,1,3-4H3,(H,23,24)(H,25,26). The van der Waals surface area contributed by atoms with Crippen LogP contribution in [0.2, 0.25) is 0 Å². The summed E-state index contributed by atoms with van der Waals surface area (Å²) >= 11 is 1.46. The molecule has 0 saturated carbocycles. The first-order valence-electron chi connectivity index (χ1n) is 9.70. The number of nitrogens with zero attached hydrogens (tertiary/aromatic N) is 2. The van der Waals surface area contributed by atoms with Gasteiger partial charge in [-0.1, -0.05) is 13.5 Å². The smallest absolute Gasteiger partial charge is 0.284 e. The van der Waals surface area contributed by atoms with Crippen molar-refractivity contribution in [3.63, 3.8) is 0 Å². The summed E-state index contributed by atoms with van der Waals surface area (Å²) in [6, 6.07) is 14.0. The largest absolute Gasteiger partial charge is 0.497 e. The van der Waals surface area contributed by atoms with Gasteiger partial charge in [-0.25, -0.2) is 10.5 Å². The van der Waals surface area contributed by atoms with Gasteiger partial charge in [0.1, 0.15) is 17.3 Å². The van der Waals surface area contributed by atoms with Gasteiger partial charge in [0.2, 0.25) is 0 Å². The lowest BCUT2D eigenvalue weighted by Crippen LogP contribution is -2.23. The Labute approximate surface area is 191 Å². The van der Waals surface area contributed by atoms with Crippen LogP contribution in [0, 0.1) is 0 Å². The van der Waals surface area contributed by atoms with Crippen molar-refractivity contribution >= 4 is 38.0 Å². The van der Waals surface area contributed by atoms with E-state index in [2.05, 4.69) is 26.8 Å². The highest BCUT2D eigenvalue weighted by Crippen LogP contribution is 2.28. The number of sulfonamides is 1. The van der Waals surface area contributed by atoms with E-state index in [-0.39, 0.29) is 10.7 Å². The molecule has 32 heavy (non-hydrogen) atoms. The third-order valence-electron chi connectivity index (χ3n) is 4.20. The molecule has 0 aliphatic rings. The fraction of sp³-hybridized carbons (Fsp3) is 0.182. The zero-order valence-electron chi connectivity index (χ0n) is 18.0. The van der Waals surface area contributed by atoms with Gasteiger partial charge in [-0.05, 0) is 55.5 Å². The highest BCUT2D eigenvalue weighted by Gasteiger charge is 2.15. The normalized spacial score (nSPS) is 11.7. The molecule has 0 bridgehead atoms. The van der Waals surface area contributed by atoms with E-state index in [0.29, 0.717) is 23.0 Å². The van der Waals surface area contributed by atoms with Crippen LogP contribution in [-0.2, 0) is 14.9 Å². The fourth-order valence-corrected chi connectivity index (χ4v) is 4.34. The van der Waals surface area contributed by atoms with Gasteiger partial charge in [0.15, 0.2) is 5.13 Å². The molecule has 10 heteroatoms. The summed E-state index contributed by atoms with van der Waals surface area (Å²) in [7, 11) is -2.26. The molecule has 0 amide bonds. The summed E-state index contributed by atoms with van der Waals surface area (Å²) in [5.74, 6) is 1.37. The summed E-state index contributed by atoms with van der Waals surface area (Å²) in [4.78, 5) is 9.70. The quantitative estimate of drug-likeness (QED) is 0.193. The molecule has 2 aromatic carbocycles. The molecule has 1 heterocycles. The summed E-state index contributed by atoms with van der Waals surface area (Å²) in [5.41, 5.74) is 5.03. The zero-order valence-corrected chi connectivity index (χ0v) is 19.6. The minimum Gasteiger partial charge on any atom is -0.497 e. The summed E-state index contributed by atoms with van der Waals surface area (Å²) in [5, 5.41) is 5.83. The molecule has 0 radical (unpaired) electrons. The minimum atomic E-state index is -3.88. The van der Waals surface area contributed by atoms with Crippen LogP contribution in [0.15, 0.2) is 75.5 Å². The number of hydroxylamine groups is 1. The number of benzene rings is 2. The highest BCUT2D eigenvalue weighted by atomic mass is 32.2. The first-order valence-corrected chi connectivity index (χ1v) is 12.0. The zero-order chi connectivity index (χ0) is 23.1. The van der Waals surface area contributed by atoms with Gasteiger partial charge in [-0.3, -0.25) is 0 Å². The van der Waals surface area contributed by atoms with E-state index in [1.165, 1.54) is 23.5 Å². The number of amidine groups is 1. The summed E-state index contributed by atoms with van der Waals surface area (Å²) in [6.45, 7) is 6.99. The van der Waals surface area contributed by atoms with E-state index >= 15 is 0 Å². The van der Waals surface area contributed by atoms with Crippen LogP contribution >= 0.6 is 11.3 Å². The molecular weight excluding hydrogens is 448 g/mol. The lowest BCUT2D eigenvalue weighted by molar-refractivity contribution is 0.160. The van der Waals surface area contributed by atoms with Crippen molar-refractivity contribution in [2.75, 3.05) is 12.4 Å². The average Bonchev–Trinajstić information content (AvgIpc) is 3.25. The minimum absolute atomic E-state index is 0.0733. The molecule has 0 atom stereocenters. The van der Waals surface area contributed by atoms with E-state index in [1.807, 2.05) is 29.6 Å². The second-order valence-corrected chi connectivity index (χ2v) is 9.15. The third-order valence-corrected chi connectivity index (χ3v) is 6.29. The Bertz CT molecular complexity index is 1200. The Hall–Kier alpha value is -3.37. The van der Waals surface area contributed by atoms with E-state index in [1.54, 1.807) is 33.1 Å². The predicted octanol–water partition coefficient (Wildman–Crippen LogP) is 5.11. The monoisotopic (exact) mass is 472 g/mol. The predicted molar refractivity (Wildman–Crippen MR) is 128 cm³/mol. The van der Waals surface area contributed by atoms with Crippen LogP contribution < -0.4 is 15.5 Å². The molecule has 0 spiro atoms. The number of ether oxygens (including phenoxy) is 1. The second kappa shape index (κ2) is 10.3. The van der Waals surface area contributed by atoms with Crippen molar-refractivity contribution in [1.29, 1.82) is 0 Å². The molecule has 0 aliphatic carbocycles. The maximum Gasteiger partial charge on any atom is 0.284 e. The first-order chi connectivity index (χ1) is 15.3. The van der Waals surface area contributed by atoms with Crippen LogP contribution in [-0.4, -0.2) is 26.3 Å². The topological polar surface area (TPSA) is 102 Å². The number of hydrogen-bond donors (Lipinski definition) is 2. The Morgan fingerprint density at radius 3 is 2.44 bits per heavy atom. The Morgan fingerprint density at radius 1 is 1.16 bits per heavy atom. The second-order valence-electron chi connectivity index (χ2n) is 6.69. The van der Waals surface area contributed by atoms with Crippen LogP contribution in [0.3, 0.4) is 0 Å².